The minimum atomic E-state index is -3.78. The fraction of sp³-hybridized carbons (Fsp3) is 0.188. The minimum absolute atomic E-state index is 0.0368. The molecule has 2 aromatic carbocycles. The fourth-order valence-electron chi connectivity index (χ4n) is 1.88. The standard InChI is InChI=1S/C16H18N2O5S3/c17-26(22,23)13-7-5-11(6-8-13)18-16(21)14-3-1-2-4-15(14)25-24-10-12(20)9-19/h1-8,12,19-20H,9-10H2,(H,18,21)(H2,17,22,23). The maximum atomic E-state index is 12.5. The van der Waals surface area contributed by atoms with Gasteiger partial charge in [0.25, 0.3) is 5.91 Å². The van der Waals surface area contributed by atoms with Crippen LogP contribution in [0.5, 0.6) is 0 Å². The first-order valence-corrected chi connectivity index (χ1v) is 11.3. The van der Waals surface area contributed by atoms with Gasteiger partial charge in [-0.25, -0.2) is 13.6 Å². The Morgan fingerprint density at radius 1 is 1.15 bits per heavy atom. The van der Waals surface area contributed by atoms with Gasteiger partial charge in [0.15, 0.2) is 0 Å². The van der Waals surface area contributed by atoms with Crippen LogP contribution in [0.2, 0.25) is 0 Å². The Morgan fingerprint density at radius 2 is 1.81 bits per heavy atom. The first-order chi connectivity index (χ1) is 12.3. The molecule has 1 unspecified atom stereocenters. The molecule has 0 saturated carbocycles. The number of anilines is 1. The lowest BCUT2D eigenvalue weighted by Crippen LogP contribution is -2.15. The van der Waals surface area contributed by atoms with Gasteiger partial charge < -0.3 is 15.5 Å². The summed E-state index contributed by atoms with van der Waals surface area (Å²) in [4.78, 5) is 13.2. The molecule has 0 bridgehead atoms. The third kappa shape index (κ3) is 6.01. The Morgan fingerprint density at radius 3 is 2.42 bits per heavy atom. The van der Waals surface area contributed by atoms with Crippen molar-refractivity contribution >= 4 is 43.2 Å². The monoisotopic (exact) mass is 414 g/mol. The third-order valence-corrected chi connectivity index (χ3v) is 6.60. The molecule has 0 aliphatic heterocycles. The highest BCUT2D eigenvalue weighted by Gasteiger charge is 2.14. The molecular formula is C16H18N2O5S3. The van der Waals surface area contributed by atoms with Crippen LogP contribution in [0.15, 0.2) is 58.3 Å². The van der Waals surface area contributed by atoms with Crippen molar-refractivity contribution in [2.24, 2.45) is 5.14 Å². The van der Waals surface area contributed by atoms with Gasteiger partial charge in [0.05, 0.1) is 23.2 Å². The number of amides is 1. The van der Waals surface area contributed by atoms with E-state index >= 15 is 0 Å². The zero-order chi connectivity index (χ0) is 19.2. The Balaban J connectivity index is 2.07. The second-order valence-corrected chi connectivity index (χ2v) is 9.17. The summed E-state index contributed by atoms with van der Waals surface area (Å²) >= 11 is 0. The molecule has 0 aliphatic rings. The van der Waals surface area contributed by atoms with Crippen LogP contribution in [0, 0.1) is 0 Å². The van der Waals surface area contributed by atoms with Gasteiger partial charge in [-0.05, 0) is 36.4 Å². The summed E-state index contributed by atoms with van der Waals surface area (Å²) in [5.74, 6) is -0.0219. The minimum Gasteiger partial charge on any atom is -0.394 e. The number of rotatable bonds is 8. The zero-order valence-electron chi connectivity index (χ0n) is 13.5. The van der Waals surface area contributed by atoms with E-state index in [1.165, 1.54) is 45.9 Å². The Labute approximate surface area is 159 Å². The van der Waals surface area contributed by atoms with Gasteiger partial charge in [0.2, 0.25) is 10.0 Å². The number of hydrogen-bond donors (Lipinski definition) is 4. The van der Waals surface area contributed by atoms with E-state index in [-0.39, 0.29) is 17.4 Å². The predicted octanol–water partition coefficient (Wildman–Crippen LogP) is 1.68. The largest absolute Gasteiger partial charge is 0.394 e. The number of aliphatic hydroxyl groups excluding tert-OH is 2. The Kier molecular flexibility index (Phi) is 7.50. The summed E-state index contributed by atoms with van der Waals surface area (Å²) in [6.07, 6.45) is -0.814. The van der Waals surface area contributed by atoms with Crippen LogP contribution < -0.4 is 10.5 Å². The van der Waals surface area contributed by atoms with E-state index in [0.29, 0.717) is 21.9 Å². The number of nitrogens with two attached hydrogens (primary N) is 1. The van der Waals surface area contributed by atoms with E-state index in [2.05, 4.69) is 5.32 Å². The number of hydrogen-bond acceptors (Lipinski definition) is 7. The van der Waals surface area contributed by atoms with Gasteiger partial charge in [0, 0.05) is 16.3 Å². The first-order valence-electron chi connectivity index (χ1n) is 7.43. The van der Waals surface area contributed by atoms with Gasteiger partial charge in [-0.3, -0.25) is 4.79 Å². The normalized spacial score (nSPS) is 12.6. The summed E-state index contributed by atoms with van der Waals surface area (Å²) in [7, 11) is -1.13. The molecule has 0 aromatic heterocycles. The highest BCUT2D eigenvalue weighted by Crippen LogP contribution is 2.34. The van der Waals surface area contributed by atoms with Gasteiger partial charge in [-0.2, -0.15) is 0 Å². The van der Waals surface area contributed by atoms with E-state index in [1.54, 1.807) is 24.3 Å². The topological polar surface area (TPSA) is 130 Å². The van der Waals surface area contributed by atoms with Crippen molar-refractivity contribution in [2.75, 3.05) is 17.7 Å². The van der Waals surface area contributed by atoms with E-state index in [0.717, 1.165) is 0 Å². The van der Waals surface area contributed by atoms with Crippen LogP contribution in [0.4, 0.5) is 5.69 Å². The highest BCUT2D eigenvalue weighted by molar-refractivity contribution is 8.76. The molecule has 7 nitrogen and oxygen atoms in total. The van der Waals surface area contributed by atoms with Crippen LogP contribution in [-0.4, -0.2) is 43.0 Å². The van der Waals surface area contributed by atoms with E-state index < -0.39 is 16.1 Å². The molecule has 0 saturated heterocycles. The average Bonchev–Trinajstić information content (AvgIpc) is 2.61. The van der Waals surface area contributed by atoms with Crippen LogP contribution in [0.1, 0.15) is 10.4 Å². The third-order valence-electron chi connectivity index (χ3n) is 3.19. The molecule has 1 amide bonds. The quantitative estimate of drug-likeness (QED) is 0.484. The van der Waals surface area contributed by atoms with Crippen molar-refractivity contribution in [3.05, 3.63) is 54.1 Å². The summed E-state index contributed by atoms with van der Waals surface area (Å²) in [6, 6.07) is 12.5. The second-order valence-electron chi connectivity index (χ2n) is 5.22. The van der Waals surface area contributed by atoms with Crippen molar-refractivity contribution in [3.63, 3.8) is 0 Å². The highest BCUT2D eigenvalue weighted by atomic mass is 33.1. The van der Waals surface area contributed by atoms with Gasteiger partial charge in [-0.1, -0.05) is 33.7 Å². The number of primary sulfonamides is 1. The van der Waals surface area contributed by atoms with Crippen LogP contribution in [0.25, 0.3) is 0 Å². The van der Waals surface area contributed by atoms with Gasteiger partial charge >= 0.3 is 0 Å². The molecule has 140 valence electrons. The fourth-order valence-corrected chi connectivity index (χ4v) is 4.73. The molecular weight excluding hydrogens is 396 g/mol. The van der Waals surface area contributed by atoms with E-state index in [9.17, 15) is 18.3 Å². The number of aliphatic hydroxyl groups is 2. The van der Waals surface area contributed by atoms with Crippen LogP contribution in [-0.2, 0) is 10.0 Å². The van der Waals surface area contributed by atoms with Crippen LogP contribution in [0.3, 0.4) is 0 Å². The molecule has 0 aliphatic carbocycles. The van der Waals surface area contributed by atoms with E-state index in [1.807, 2.05) is 0 Å². The van der Waals surface area contributed by atoms with Gasteiger partial charge in [0.1, 0.15) is 0 Å². The van der Waals surface area contributed by atoms with Crippen molar-refractivity contribution in [2.45, 2.75) is 15.9 Å². The lowest BCUT2D eigenvalue weighted by molar-refractivity contribution is 0.102. The Bertz CT molecular complexity index is 856. The molecule has 26 heavy (non-hydrogen) atoms. The molecule has 2 aromatic rings. The summed E-state index contributed by atoms with van der Waals surface area (Å²) in [6.45, 7) is -0.315. The predicted molar refractivity (Wildman–Crippen MR) is 104 cm³/mol. The molecule has 1 atom stereocenters. The molecule has 2 rings (SSSR count). The number of carbonyl (C=O) groups excluding carboxylic acids is 1. The maximum absolute atomic E-state index is 12.5. The Hall–Kier alpha value is -1.56. The van der Waals surface area contributed by atoms with Crippen molar-refractivity contribution in [1.82, 2.24) is 0 Å². The maximum Gasteiger partial charge on any atom is 0.256 e. The lowest BCUT2D eigenvalue weighted by atomic mass is 10.2. The molecule has 5 N–H and O–H groups in total. The summed E-state index contributed by atoms with van der Waals surface area (Å²) in [5, 5.41) is 25.9. The molecule has 0 heterocycles. The number of nitrogens with one attached hydrogen (secondary N) is 1. The summed E-state index contributed by atoms with van der Waals surface area (Å²) < 4.78 is 22.5. The van der Waals surface area contributed by atoms with E-state index in [4.69, 9.17) is 10.2 Å². The molecule has 0 fully saturated rings. The van der Waals surface area contributed by atoms with Crippen molar-refractivity contribution in [1.29, 1.82) is 0 Å². The number of sulfonamides is 1. The number of benzene rings is 2. The van der Waals surface area contributed by atoms with Gasteiger partial charge in [-0.15, -0.1) is 0 Å². The van der Waals surface area contributed by atoms with Crippen LogP contribution >= 0.6 is 21.6 Å². The lowest BCUT2D eigenvalue weighted by Gasteiger charge is -2.11. The average molecular weight is 415 g/mol. The molecule has 0 radical (unpaired) electrons. The summed E-state index contributed by atoms with van der Waals surface area (Å²) in [5.41, 5.74) is 0.879. The van der Waals surface area contributed by atoms with Crippen molar-refractivity contribution in [3.8, 4) is 0 Å². The number of carbonyl (C=O) groups is 1. The smallest absolute Gasteiger partial charge is 0.256 e. The SMILES string of the molecule is NS(=O)(=O)c1ccc(NC(=O)c2ccccc2SSCC(O)CO)cc1. The van der Waals surface area contributed by atoms with Crippen molar-refractivity contribution < 1.29 is 23.4 Å². The second kappa shape index (κ2) is 9.40. The first kappa shape index (κ1) is 20.7. The zero-order valence-corrected chi connectivity index (χ0v) is 16.0. The molecule has 10 heteroatoms. The molecule has 0 spiro atoms.